The summed E-state index contributed by atoms with van der Waals surface area (Å²) in [5.74, 6) is -2.90. The molecule has 0 saturated carbocycles. The Morgan fingerprint density at radius 1 is 0.977 bits per heavy atom. The fourth-order valence-corrected chi connectivity index (χ4v) is 5.47. The molecule has 16 heteroatoms. The number of guanidine groups is 1. The van der Waals surface area contributed by atoms with Gasteiger partial charge >= 0.3 is 0 Å². The van der Waals surface area contributed by atoms with Crippen LogP contribution in [0.4, 0.5) is 0 Å². The summed E-state index contributed by atoms with van der Waals surface area (Å²) in [6.45, 7) is -0.396. The minimum Gasteiger partial charge on any atom is -0.442 e. The maximum absolute atomic E-state index is 13.1. The van der Waals surface area contributed by atoms with Gasteiger partial charge in [0, 0.05) is 18.5 Å². The van der Waals surface area contributed by atoms with Crippen molar-refractivity contribution in [2.24, 2.45) is 22.2 Å². The van der Waals surface area contributed by atoms with Crippen LogP contribution < -0.4 is 32.6 Å². The summed E-state index contributed by atoms with van der Waals surface area (Å²) in [4.78, 5) is 46.7. The van der Waals surface area contributed by atoms with Crippen molar-refractivity contribution in [2.75, 3.05) is 13.1 Å². The van der Waals surface area contributed by atoms with E-state index in [1.165, 1.54) is 12.5 Å². The number of sulfonamides is 1. The lowest BCUT2D eigenvalue weighted by atomic mass is 10.0. The van der Waals surface area contributed by atoms with Crippen LogP contribution in [0.2, 0.25) is 0 Å². The Morgan fingerprint density at radius 2 is 1.68 bits per heavy atom. The minimum atomic E-state index is -3.95. The Kier molecular flexibility index (Phi) is 12.1. The Hall–Kier alpha value is -5.09. The largest absolute Gasteiger partial charge is 0.442 e. The molecule has 2 amide bonds. The SMILES string of the molecule is N=C(N)c1ccc(C[C@H](NC(=O)CNC(=O)[C@@H](CCCN=C(N)N)NS(=O)(=O)Cc2ccccc2)C(=O)c2ncco2)cc1. The van der Waals surface area contributed by atoms with Gasteiger partial charge in [0.2, 0.25) is 27.6 Å². The number of hydrogen-bond acceptors (Lipinski definition) is 9. The lowest BCUT2D eigenvalue weighted by Crippen LogP contribution is -2.51. The van der Waals surface area contributed by atoms with Crippen LogP contribution in [0.3, 0.4) is 0 Å². The van der Waals surface area contributed by atoms with Crippen LogP contribution in [-0.2, 0) is 31.8 Å². The molecule has 3 aromatic rings. The topological polar surface area (TPSA) is 262 Å². The molecule has 0 saturated heterocycles. The van der Waals surface area contributed by atoms with Crippen molar-refractivity contribution in [3.63, 3.8) is 0 Å². The molecule has 2 atom stereocenters. The van der Waals surface area contributed by atoms with Gasteiger partial charge in [0.15, 0.2) is 5.96 Å². The first kappa shape index (κ1) is 33.4. The number of oxazole rings is 1. The number of hydrogen-bond donors (Lipinski definition) is 7. The first-order valence-electron chi connectivity index (χ1n) is 13.5. The summed E-state index contributed by atoms with van der Waals surface area (Å²) in [7, 11) is -3.95. The minimum absolute atomic E-state index is 0.0415. The molecule has 0 radical (unpaired) electrons. The van der Waals surface area contributed by atoms with E-state index in [2.05, 4.69) is 25.3 Å². The summed E-state index contributed by atoms with van der Waals surface area (Å²) in [5, 5.41) is 12.5. The van der Waals surface area contributed by atoms with Gasteiger partial charge in [-0.25, -0.2) is 18.1 Å². The molecule has 0 aliphatic heterocycles. The number of aliphatic imine (C=N–C) groups is 1. The van der Waals surface area contributed by atoms with Gasteiger partial charge in [-0.1, -0.05) is 54.6 Å². The molecular weight excluding hydrogens is 590 g/mol. The van der Waals surface area contributed by atoms with E-state index in [-0.39, 0.29) is 49.2 Å². The first-order chi connectivity index (χ1) is 20.9. The molecule has 44 heavy (non-hydrogen) atoms. The number of nitrogens with zero attached hydrogens (tertiary/aromatic N) is 2. The fraction of sp³-hybridized carbons (Fsp3) is 0.286. The van der Waals surface area contributed by atoms with E-state index in [4.69, 9.17) is 27.0 Å². The number of Topliss-reactive ketones (excluding diaryl/α,β-unsaturated/α-hetero) is 1. The molecule has 1 aromatic heterocycles. The van der Waals surface area contributed by atoms with Crippen molar-refractivity contribution in [1.29, 1.82) is 5.41 Å². The Labute approximate surface area is 254 Å². The molecule has 3 rings (SSSR count). The summed E-state index contributed by atoms with van der Waals surface area (Å²) in [6, 6.07) is 12.6. The quantitative estimate of drug-likeness (QED) is 0.0439. The van der Waals surface area contributed by atoms with E-state index < -0.39 is 46.2 Å². The van der Waals surface area contributed by atoms with E-state index in [9.17, 15) is 22.8 Å². The highest BCUT2D eigenvalue weighted by Gasteiger charge is 2.28. The molecule has 0 bridgehead atoms. The predicted molar refractivity (Wildman–Crippen MR) is 163 cm³/mol. The second kappa shape index (κ2) is 15.9. The molecule has 0 unspecified atom stereocenters. The van der Waals surface area contributed by atoms with Gasteiger partial charge in [0.1, 0.15) is 24.2 Å². The van der Waals surface area contributed by atoms with Gasteiger partial charge < -0.3 is 32.3 Å². The summed E-state index contributed by atoms with van der Waals surface area (Å²) in [6.07, 6.45) is 2.87. The fourth-order valence-electron chi connectivity index (χ4n) is 4.09. The monoisotopic (exact) mass is 625 g/mol. The molecule has 10 N–H and O–H groups in total. The lowest BCUT2D eigenvalue weighted by Gasteiger charge is -2.20. The van der Waals surface area contributed by atoms with E-state index in [1.807, 2.05) is 0 Å². The van der Waals surface area contributed by atoms with E-state index in [0.717, 1.165) is 0 Å². The number of carbonyl (C=O) groups is 3. The van der Waals surface area contributed by atoms with Gasteiger partial charge in [-0.2, -0.15) is 0 Å². The van der Waals surface area contributed by atoms with E-state index in [1.54, 1.807) is 54.6 Å². The molecular formula is C28H35N9O6S. The maximum Gasteiger partial charge on any atom is 0.265 e. The molecule has 0 fully saturated rings. The zero-order valence-corrected chi connectivity index (χ0v) is 24.5. The molecule has 234 valence electrons. The first-order valence-corrected chi connectivity index (χ1v) is 15.1. The third kappa shape index (κ3) is 11.0. The summed E-state index contributed by atoms with van der Waals surface area (Å²) in [5.41, 5.74) is 17.8. The van der Waals surface area contributed by atoms with Crippen LogP contribution in [0, 0.1) is 5.41 Å². The second-order valence-electron chi connectivity index (χ2n) is 9.72. The highest BCUT2D eigenvalue weighted by Crippen LogP contribution is 2.11. The second-order valence-corrected chi connectivity index (χ2v) is 11.5. The smallest absolute Gasteiger partial charge is 0.265 e. The van der Waals surface area contributed by atoms with Crippen molar-refractivity contribution >= 4 is 39.4 Å². The van der Waals surface area contributed by atoms with E-state index >= 15 is 0 Å². The van der Waals surface area contributed by atoms with Crippen LogP contribution in [-0.4, -0.2) is 68.0 Å². The number of benzene rings is 2. The normalized spacial score (nSPS) is 12.5. The Balaban J connectivity index is 1.67. The highest BCUT2D eigenvalue weighted by atomic mass is 32.2. The van der Waals surface area contributed by atoms with E-state index in [0.29, 0.717) is 16.7 Å². The van der Waals surface area contributed by atoms with Crippen LogP contribution in [0.5, 0.6) is 0 Å². The molecule has 2 aromatic carbocycles. The Bertz CT molecular complexity index is 1560. The van der Waals surface area contributed by atoms with Gasteiger partial charge in [0.25, 0.3) is 5.89 Å². The maximum atomic E-state index is 13.1. The van der Waals surface area contributed by atoms with Crippen molar-refractivity contribution in [3.05, 3.63) is 89.6 Å². The van der Waals surface area contributed by atoms with Crippen LogP contribution >= 0.6 is 0 Å². The van der Waals surface area contributed by atoms with Crippen molar-refractivity contribution in [1.82, 2.24) is 20.3 Å². The van der Waals surface area contributed by atoms with Gasteiger partial charge in [-0.05, 0) is 24.0 Å². The number of amides is 2. The zero-order valence-electron chi connectivity index (χ0n) is 23.7. The lowest BCUT2D eigenvalue weighted by molar-refractivity contribution is -0.127. The molecule has 0 aliphatic rings. The molecule has 1 heterocycles. The van der Waals surface area contributed by atoms with Crippen molar-refractivity contribution in [2.45, 2.75) is 37.1 Å². The predicted octanol–water partition coefficient (Wildman–Crippen LogP) is -0.473. The average Bonchev–Trinajstić information content (AvgIpc) is 3.52. The molecule has 15 nitrogen and oxygen atoms in total. The van der Waals surface area contributed by atoms with Crippen LogP contribution in [0.25, 0.3) is 0 Å². The standard InChI is InChI=1S/C28H35N9O6S/c29-25(30)20-10-8-18(9-11-20)15-22(24(39)27-33-13-14-43-27)36-23(38)16-35-26(40)21(7-4-12-34-28(31)32)37-44(41,42)17-19-5-2-1-3-6-19/h1-3,5-6,8-11,13-14,21-22,37H,4,7,12,15-17H2,(H3,29,30)(H,35,40)(H,36,38)(H4,31,32,34)/t21-,22+/m1/s1. The third-order valence-corrected chi connectivity index (χ3v) is 7.56. The summed E-state index contributed by atoms with van der Waals surface area (Å²) < 4.78 is 33.2. The number of nitrogens with one attached hydrogen (secondary N) is 4. The highest BCUT2D eigenvalue weighted by molar-refractivity contribution is 7.88. The average molecular weight is 626 g/mol. The molecule has 0 spiro atoms. The number of aromatic nitrogens is 1. The molecule has 0 aliphatic carbocycles. The van der Waals surface area contributed by atoms with Gasteiger partial charge in [-0.15, -0.1) is 0 Å². The summed E-state index contributed by atoms with van der Waals surface area (Å²) >= 11 is 0. The van der Waals surface area contributed by atoms with Crippen molar-refractivity contribution in [3.8, 4) is 0 Å². The number of ketones is 1. The third-order valence-electron chi connectivity index (χ3n) is 6.21. The number of amidine groups is 1. The van der Waals surface area contributed by atoms with Gasteiger partial charge in [0.05, 0.1) is 18.5 Å². The zero-order chi connectivity index (χ0) is 32.1. The van der Waals surface area contributed by atoms with Crippen LogP contribution in [0.15, 0.2) is 76.5 Å². The number of carbonyl (C=O) groups excluding carboxylic acids is 3. The van der Waals surface area contributed by atoms with Crippen LogP contribution in [0.1, 0.15) is 40.2 Å². The Morgan fingerprint density at radius 3 is 2.30 bits per heavy atom. The number of nitrogens with two attached hydrogens (primary N) is 3. The van der Waals surface area contributed by atoms with Gasteiger partial charge in [-0.3, -0.25) is 24.8 Å². The van der Waals surface area contributed by atoms with Crippen molar-refractivity contribution < 1.29 is 27.2 Å². The number of rotatable bonds is 17. The number of nitrogen functional groups attached to an aromatic ring is 1.